The molecule has 0 aromatic heterocycles. The maximum absolute atomic E-state index is 10.9. The Morgan fingerprint density at radius 1 is 1.54 bits per heavy atom. The van der Waals surface area contributed by atoms with Gasteiger partial charge in [0.15, 0.2) is 0 Å². The van der Waals surface area contributed by atoms with Crippen LogP contribution in [-0.4, -0.2) is 20.7 Å². The second-order valence-electron chi connectivity index (χ2n) is 3.63. The lowest BCUT2D eigenvalue weighted by Crippen LogP contribution is -2.31. The van der Waals surface area contributed by atoms with E-state index in [-0.39, 0.29) is 6.04 Å². The summed E-state index contributed by atoms with van der Waals surface area (Å²) in [6.07, 6.45) is 4.34. The molecule has 0 bridgehead atoms. The van der Waals surface area contributed by atoms with E-state index in [0.29, 0.717) is 12.3 Å². The van der Waals surface area contributed by atoms with Gasteiger partial charge in [0.05, 0.1) is 12.3 Å². The molecule has 0 aliphatic heterocycles. The van der Waals surface area contributed by atoms with E-state index in [2.05, 4.69) is 10.8 Å². The molecule has 0 aromatic rings. The largest absolute Gasteiger partial charge is 0.213 e. The molecule has 1 fully saturated rings. The maximum atomic E-state index is 10.9. The molecule has 4 nitrogen and oxygen atoms in total. The van der Waals surface area contributed by atoms with Crippen LogP contribution in [0.4, 0.5) is 0 Å². The summed E-state index contributed by atoms with van der Waals surface area (Å²) in [5.74, 6) is 0.379. The molecule has 0 saturated heterocycles. The molecule has 1 aliphatic rings. The molecule has 0 amide bonds. The van der Waals surface area contributed by atoms with E-state index >= 15 is 0 Å². The number of sulfonamides is 1. The van der Waals surface area contributed by atoms with Crippen LogP contribution < -0.4 is 4.72 Å². The van der Waals surface area contributed by atoms with Crippen molar-refractivity contribution in [2.75, 3.05) is 6.26 Å². The summed E-state index contributed by atoms with van der Waals surface area (Å²) < 4.78 is 24.3. The zero-order chi connectivity index (χ0) is 9.90. The Kier molecular flexibility index (Phi) is 3.28. The van der Waals surface area contributed by atoms with E-state index in [9.17, 15) is 8.42 Å². The van der Waals surface area contributed by atoms with Gasteiger partial charge in [-0.1, -0.05) is 0 Å². The monoisotopic (exact) mass is 202 g/mol. The highest BCUT2D eigenvalue weighted by molar-refractivity contribution is 7.88. The fourth-order valence-electron chi connectivity index (χ4n) is 1.80. The topological polar surface area (TPSA) is 70.0 Å². The van der Waals surface area contributed by atoms with Crippen LogP contribution in [0, 0.1) is 17.2 Å². The van der Waals surface area contributed by atoms with Gasteiger partial charge in [0, 0.05) is 12.5 Å². The van der Waals surface area contributed by atoms with E-state index in [4.69, 9.17) is 5.26 Å². The second kappa shape index (κ2) is 4.07. The third-order valence-electron chi connectivity index (χ3n) is 2.30. The van der Waals surface area contributed by atoms with Crippen LogP contribution >= 0.6 is 0 Å². The molecule has 0 heterocycles. The van der Waals surface area contributed by atoms with Crippen molar-refractivity contribution in [3.8, 4) is 6.07 Å². The minimum absolute atomic E-state index is 0.0494. The summed E-state index contributed by atoms with van der Waals surface area (Å²) in [4.78, 5) is 0. The smallest absolute Gasteiger partial charge is 0.208 e. The third-order valence-corrected chi connectivity index (χ3v) is 3.06. The van der Waals surface area contributed by atoms with Gasteiger partial charge in [0.2, 0.25) is 10.0 Å². The van der Waals surface area contributed by atoms with Crippen molar-refractivity contribution >= 4 is 10.0 Å². The number of hydrogen-bond donors (Lipinski definition) is 1. The Hall–Kier alpha value is -0.600. The molecule has 0 aromatic carbocycles. The van der Waals surface area contributed by atoms with Crippen molar-refractivity contribution in [3.05, 3.63) is 0 Å². The lowest BCUT2D eigenvalue weighted by molar-refractivity contribution is 0.526. The van der Waals surface area contributed by atoms with Crippen molar-refractivity contribution in [3.63, 3.8) is 0 Å². The first-order valence-corrected chi connectivity index (χ1v) is 6.24. The van der Waals surface area contributed by atoms with E-state index in [0.717, 1.165) is 19.3 Å². The second-order valence-corrected chi connectivity index (χ2v) is 5.41. The Morgan fingerprint density at radius 3 is 2.77 bits per heavy atom. The summed E-state index contributed by atoms with van der Waals surface area (Å²) in [6.45, 7) is 0. The van der Waals surface area contributed by atoms with Gasteiger partial charge in [0.25, 0.3) is 0 Å². The van der Waals surface area contributed by atoms with Crippen molar-refractivity contribution in [2.24, 2.45) is 5.92 Å². The predicted molar refractivity (Wildman–Crippen MR) is 49.3 cm³/mol. The lowest BCUT2D eigenvalue weighted by atomic mass is 10.1. The van der Waals surface area contributed by atoms with E-state index in [1.807, 2.05) is 0 Å². The molecular formula is C8H14N2O2S. The molecule has 2 unspecified atom stereocenters. The molecule has 1 N–H and O–H groups in total. The fraction of sp³-hybridized carbons (Fsp3) is 0.875. The Bertz CT molecular complexity index is 305. The van der Waals surface area contributed by atoms with Gasteiger partial charge in [-0.3, -0.25) is 0 Å². The first-order chi connectivity index (χ1) is 6.01. The Labute approximate surface area is 79.0 Å². The highest BCUT2D eigenvalue weighted by Gasteiger charge is 2.26. The van der Waals surface area contributed by atoms with E-state index < -0.39 is 10.0 Å². The average molecular weight is 202 g/mol. The summed E-state index contributed by atoms with van der Waals surface area (Å²) >= 11 is 0. The van der Waals surface area contributed by atoms with Gasteiger partial charge in [-0.05, 0) is 25.2 Å². The van der Waals surface area contributed by atoms with Crippen LogP contribution in [0.1, 0.15) is 25.7 Å². The van der Waals surface area contributed by atoms with E-state index in [1.165, 1.54) is 6.26 Å². The van der Waals surface area contributed by atoms with Gasteiger partial charge < -0.3 is 0 Å². The first-order valence-electron chi connectivity index (χ1n) is 4.35. The van der Waals surface area contributed by atoms with Crippen LogP contribution in [0.2, 0.25) is 0 Å². The van der Waals surface area contributed by atoms with Gasteiger partial charge in [0.1, 0.15) is 0 Å². The van der Waals surface area contributed by atoms with Crippen molar-refractivity contribution in [2.45, 2.75) is 31.7 Å². The summed E-state index contributed by atoms with van der Waals surface area (Å²) in [7, 11) is -3.08. The minimum Gasteiger partial charge on any atom is -0.213 e. The van der Waals surface area contributed by atoms with Crippen molar-refractivity contribution in [1.29, 1.82) is 5.26 Å². The zero-order valence-corrected chi connectivity index (χ0v) is 8.47. The molecule has 1 rings (SSSR count). The average Bonchev–Trinajstić information content (AvgIpc) is 2.33. The number of nitrogens with zero attached hydrogens (tertiary/aromatic N) is 1. The fourth-order valence-corrected chi connectivity index (χ4v) is 2.62. The van der Waals surface area contributed by atoms with Gasteiger partial charge >= 0.3 is 0 Å². The summed E-state index contributed by atoms with van der Waals surface area (Å²) in [5.41, 5.74) is 0. The summed E-state index contributed by atoms with van der Waals surface area (Å²) in [6, 6.07) is 2.17. The standard InChI is InChI=1S/C8H14N2O2S/c1-13(11,12)10-8-3-2-7(6-8)4-5-9/h7-8,10H,2-4,6H2,1H3. The van der Waals surface area contributed by atoms with Gasteiger partial charge in [-0.25, -0.2) is 13.1 Å². The van der Waals surface area contributed by atoms with Crippen LogP contribution in [0.25, 0.3) is 0 Å². The number of nitrogens with one attached hydrogen (secondary N) is 1. The first kappa shape index (κ1) is 10.5. The van der Waals surface area contributed by atoms with Gasteiger partial charge in [-0.15, -0.1) is 0 Å². The molecular weight excluding hydrogens is 188 g/mol. The molecule has 5 heteroatoms. The molecule has 1 saturated carbocycles. The maximum Gasteiger partial charge on any atom is 0.208 e. The van der Waals surface area contributed by atoms with Crippen LogP contribution in [-0.2, 0) is 10.0 Å². The molecule has 1 aliphatic carbocycles. The molecule has 74 valence electrons. The minimum atomic E-state index is -3.08. The third kappa shape index (κ3) is 3.75. The molecule has 2 atom stereocenters. The molecule has 0 spiro atoms. The number of rotatable bonds is 3. The van der Waals surface area contributed by atoms with E-state index in [1.54, 1.807) is 0 Å². The number of hydrogen-bond acceptors (Lipinski definition) is 3. The molecule has 0 radical (unpaired) electrons. The summed E-state index contributed by atoms with van der Waals surface area (Å²) in [5, 5.41) is 8.46. The van der Waals surface area contributed by atoms with Crippen LogP contribution in [0.5, 0.6) is 0 Å². The van der Waals surface area contributed by atoms with Crippen LogP contribution in [0.3, 0.4) is 0 Å². The van der Waals surface area contributed by atoms with Crippen molar-refractivity contribution < 1.29 is 8.42 Å². The lowest BCUT2D eigenvalue weighted by Gasteiger charge is -2.09. The van der Waals surface area contributed by atoms with Crippen molar-refractivity contribution in [1.82, 2.24) is 4.72 Å². The quantitative estimate of drug-likeness (QED) is 0.729. The molecule has 13 heavy (non-hydrogen) atoms. The zero-order valence-electron chi connectivity index (χ0n) is 7.66. The number of nitriles is 1. The highest BCUT2D eigenvalue weighted by Crippen LogP contribution is 2.27. The predicted octanol–water partition coefficient (Wildman–Crippen LogP) is 0.618. The Morgan fingerprint density at radius 2 is 2.23 bits per heavy atom. The van der Waals surface area contributed by atoms with Crippen LogP contribution in [0.15, 0.2) is 0 Å². The highest BCUT2D eigenvalue weighted by atomic mass is 32.2. The normalized spacial score (nSPS) is 28.6. The Balaban J connectivity index is 2.38. The SMILES string of the molecule is CS(=O)(=O)NC1CCC(CC#N)C1. The van der Waals surface area contributed by atoms with Gasteiger partial charge in [-0.2, -0.15) is 5.26 Å².